The third kappa shape index (κ3) is 14.3. The number of ketones is 3. The van der Waals surface area contributed by atoms with E-state index in [0.717, 1.165) is 28.1 Å². The monoisotopic (exact) mass is 849 g/mol. The lowest BCUT2D eigenvalue weighted by Crippen LogP contribution is -2.17. The predicted molar refractivity (Wildman–Crippen MR) is 265 cm³/mol. The van der Waals surface area contributed by atoms with Crippen LogP contribution >= 0.6 is 11.3 Å². The summed E-state index contributed by atoms with van der Waals surface area (Å²) in [6.07, 6.45) is 14.2. The summed E-state index contributed by atoms with van der Waals surface area (Å²) >= 11 is 1.68. The third-order valence-electron chi connectivity index (χ3n) is 9.86. The Labute approximate surface area is 373 Å². The van der Waals surface area contributed by atoms with Crippen molar-refractivity contribution < 1.29 is 19.2 Å². The van der Waals surface area contributed by atoms with Crippen LogP contribution in [0.25, 0.3) is 22.4 Å². The van der Waals surface area contributed by atoms with Crippen molar-refractivity contribution in [1.29, 1.82) is 0 Å². The maximum absolute atomic E-state index is 11.6. The lowest BCUT2D eigenvalue weighted by Gasteiger charge is -2.19. The van der Waals surface area contributed by atoms with Crippen LogP contribution in [0.2, 0.25) is 0 Å². The second-order valence-corrected chi connectivity index (χ2v) is 15.9. The normalized spacial score (nSPS) is 14.1. The van der Waals surface area contributed by atoms with E-state index in [9.17, 15) is 19.2 Å². The van der Waals surface area contributed by atoms with E-state index in [-0.39, 0.29) is 23.3 Å². The first-order valence-corrected chi connectivity index (χ1v) is 23.6. The molecule has 3 aromatic heterocycles. The van der Waals surface area contributed by atoms with Gasteiger partial charge < -0.3 is 4.57 Å². The largest absolute Gasteiger partial charge is 0.318 e. The van der Waals surface area contributed by atoms with E-state index in [1.54, 1.807) is 15.9 Å². The Morgan fingerprint density at radius 1 is 0.443 bits per heavy atom. The van der Waals surface area contributed by atoms with Crippen LogP contribution in [0.5, 0.6) is 0 Å². The molecule has 0 saturated heterocycles. The summed E-state index contributed by atoms with van der Waals surface area (Å²) in [5.74, 6) is 2.86. The highest BCUT2D eigenvalue weighted by Gasteiger charge is 2.23. The molecule has 0 bridgehead atoms. The molecule has 0 saturated carbocycles. The molecule has 4 aromatic rings. The molecule has 2 aliphatic heterocycles. The lowest BCUT2D eigenvalue weighted by atomic mass is 9.85. The summed E-state index contributed by atoms with van der Waals surface area (Å²) in [5.41, 5.74) is 9.99. The summed E-state index contributed by atoms with van der Waals surface area (Å²) in [5, 5.41) is 2.00. The topological polar surface area (TPSA) is 78.1 Å². The van der Waals surface area contributed by atoms with E-state index >= 15 is 0 Å². The van der Waals surface area contributed by atoms with Crippen LogP contribution in [0.15, 0.2) is 96.7 Å². The van der Waals surface area contributed by atoms with Crippen LogP contribution in [0, 0.1) is 23.7 Å². The number of carbonyl (C=O) groups excluding carboxylic acids is 4. The van der Waals surface area contributed by atoms with Gasteiger partial charge in [0.05, 0.1) is 11.4 Å². The van der Waals surface area contributed by atoms with Crippen molar-refractivity contribution in [2.75, 3.05) is 0 Å². The number of allylic oxidation sites excluding steroid dienone is 8. The number of rotatable bonds is 4. The second kappa shape index (κ2) is 27.9. The van der Waals surface area contributed by atoms with Crippen molar-refractivity contribution in [3.05, 3.63) is 130 Å². The summed E-state index contributed by atoms with van der Waals surface area (Å²) < 4.78 is 3.74. The summed E-state index contributed by atoms with van der Waals surface area (Å²) in [7, 11) is 0. The number of hydrogen-bond acceptors (Lipinski definition) is 5. The number of aromatic nitrogens is 2. The average molecular weight is 849 g/mol. The molecule has 8 rings (SSSR count). The Morgan fingerprint density at radius 2 is 0.918 bits per heavy atom. The van der Waals surface area contributed by atoms with Crippen molar-refractivity contribution in [2.45, 2.75) is 136 Å². The first-order valence-electron chi connectivity index (χ1n) is 22.8. The van der Waals surface area contributed by atoms with Gasteiger partial charge in [0.25, 0.3) is 0 Å². The smallest absolute Gasteiger partial charge is 0.234 e. The fourth-order valence-corrected chi connectivity index (χ4v) is 8.22. The molecule has 0 unspecified atom stereocenters. The second-order valence-electron chi connectivity index (χ2n) is 14.9. The van der Waals surface area contributed by atoms with Gasteiger partial charge >= 0.3 is 0 Å². The summed E-state index contributed by atoms with van der Waals surface area (Å²) in [6, 6.07) is 17.6. The van der Waals surface area contributed by atoms with Gasteiger partial charge in [-0.1, -0.05) is 159 Å². The van der Waals surface area contributed by atoms with Crippen LogP contribution in [0.3, 0.4) is 0 Å². The van der Waals surface area contributed by atoms with Gasteiger partial charge in [-0.3, -0.25) is 23.7 Å². The van der Waals surface area contributed by atoms with Crippen molar-refractivity contribution in [2.24, 2.45) is 23.7 Å². The molecule has 0 radical (unpaired) electrons. The van der Waals surface area contributed by atoms with Gasteiger partial charge in [0.1, 0.15) is 0 Å². The van der Waals surface area contributed by atoms with Gasteiger partial charge in [0.2, 0.25) is 5.91 Å². The number of Topliss-reactive ketones (excluding diaryl/α,β-unsaturated/α-hetero) is 3. The standard InChI is InChI=1S/C13H14O.2C11H13NO.C11H12OS.4C2H6/c1-9(2)10-7-8-13(14)12-6-4-3-5-11(10)12;1-8(2)9-5-6-11(13)10-4-3-7-12(9)10;1-8(2)9-5-6-11(13)12-7-3-4-10(9)12;1-7(2)8-3-4-10(12)9-5-6-13-11(8)9;4*1-2/h3-7,9H,8H2,1-2H3;2*3-5,7-8H,6H2,1-2H3;3,5-7H,4H2,1-2H3;4*1-2H3. The minimum absolute atomic E-state index is 0.171. The van der Waals surface area contributed by atoms with Gasteiger partial charge in [-0.2, -0.15) is 0 Å². The molecule has 6 nitrogen and oxygen atoms in total. The van der Waals surface area contributed by atoms with E-state index in [1.165, 1.54) is 27.3 Å². The van der Waals surface area contributed by atoms with E-state index in [2.05, 4.69) is 67.5 Å². The molecule has 2 aliphatic carbocycles. The number of fused-ring (bicyclic) bond motifs is 4. The fourth-order valence-electron chi connectivity index (χ4n) is 7.12. The zero-order valence-electron chi connectivity index (χ0n) is 40.3. The minimum Gasteiger partial charge on any atom is -0.318 e. The molecule has 61 heavy (non-hydrogen) atoms. The van der Waals surface area contributed by atoms with Crippen molar-refractivity contribution in [3.8, 4) is 0 Å². The molecular formula is C54H76N2O4S. The van der Waals surface area contributed by atoms with Gasteiger partial charge in [-0.15, -0.1) is 11.3 Å². The number of benzene rings is 1. The van der Waals surface area contributed by atoms with E-state index in [1.807, 2.05) is 144 Å². The Kier molecular flexibility index (Phi) is 24.7. The molecule has 5 heterocycles. The van der Waals surface area contributed by atoms with E-state index in [4.69, 9.17) is 0 Å². The Balaban J connectivity index is 0.000000385. The fraction of sp³-hybridized carbons (Fsp3) is 0.444. The third-order valence-corrected chi connectivity index (χ3v) is 10.8. The highest BCUT2D eigenvalue weighted by atomic mass is 32.1. The maximum Gasteiger partial charge on any atom is 0.234 e. The Hall–Kier alpha value is -4.88. The molecular weight excluding hydrogens is 773 g/mol. The van der Waals surface area contributed by atoms with Crippen molar-refractivity contribution in [3.63, 3.8) is 0 Å². The Bertz CT molecular complexity index is 1950. The maximum atomic E-state index is 11.6. The molecule has 1 aromatic carbocycles. The SMILES string of the molecule is CC.CC.CC.CC.CC(C)C1=CCC(=O)c2ccccc21.CC(C)C1=CCC(=O)c2cccn21.CC(C)C1=CCC(=O)c2ccsc21.CC(C)C1=CCC(=O)n2cccc21. The van der Waals surface area contributed by atoms with E-state index < -0.39 is 0 Å². The van der Waals surface area contributed by atoms with Crippen molar-refractivity contribution >= 4 is 57.0 Å². The highest BCUT2D eigenvalue weighted by Crippen LogP contribution is 2.35. The molecule has 0 atom stereocenters. The first kappa shape index (κ1) is 54.1. The average Bonchev–Trinajstić information content (AvgIpc) is 4.08. The number of hydrogen-bond donors (Lipinski definition) is 0. The first-order chi connectivity index (χ1) is 29.3. The van der Waals surface area contributed by atoms with Gasteiger partial charge in [0, 0.05) is 59.8 Å². The van der Waals surface area contributed by atoms with E-state index in [0.29, 0.717) is 49.4 Å². The summed E-state index contributed by atoms with van der Waals surface area (Å²) in [6.45, 7) is 33.3. The molecule has 4 aliphatic rings. The van der Waals surface area contributed by atoms with Crippen LogP contribution in [-0.2, 0) is 0 Å². The van der Waals surface area contributed by atoms with Crippen molar-refractivity contribution in [1.82, 2.24) is 9.13 Å². The number of carbonyl (C=O) groups is 4. The van der Waals surface area contributed by atoms with Crippen LogP contribution < -0.4 is 0 Å². The predicted octanol–water partition coefficient (Wildman–Crippen LogP) is 15.9. The lowest BCUT2D eigenvalue weighted by molar-refractivity contribution is 0.0911. The van der Waals surface area contributed by atoms with Gasteiger partial charge in [-0.05, 0) is 81.7 Å². The van der Waals surface area contributed by atoms with Gasteiger partial charge in [0.15, 0.2) is 17.3 Å². The van der Waals surface area contributed by atoms with Gasteiger partial charge in [-0.25, -0.2) is 0 Å². The molecule has 0 N–H and O–H groups in total. The zero-order chi connectivity index (χ0) is 46.4. The molecule has 7 heteroatoms. The number of thiophene rings is 1. The molecule has 0 spiro atoms. The zero-order valence-corrected chi connectivity index (χ0v) is 41.1. The minimum atomic E-state index is 0.171. The van der Waals surface area contributed by atoms with Crippen LogP contribution in [-0.4, -0.2) is 32.4 Å². The van der Waals surface area contributed by atoms with Crippen LogP contribution in [0.1, 0.15) is 189 Å². The van der Waals surface area contributed by atoms with Crippen LogP contribution in [0.4, 0.5) is 0 Å². The molecule has 332 valence electrons. The quantitative estimate of drug-likeness (QED) is 0.205. The summed E-state index contributed by atoms with van der Waals surface area (Å²) in [4.78, 5) is 47.2. The highest BCUT2D eigenvalue weighted by molar-refractivity contribution is 7.11. The Morgan fingerprint density at radius 3 is 1.48 bits per heavy atom. The molecule has 0 amide bonds. The molecule has 0 fully saturated rings. The number of nitrogens with zero attached hydrogens (tertiary/aromatic N) is 2.